The summed E-state index contributed by atoms with van der Waals surface area (Å²) in [5, 5.41) is 0. The number of pyridine rings is 1. The van der Waals surface area contributed by atoms with Gasteiger partial charge in [0.2, 0.25) is 5.88 Å². The lowest BCUT2D eigenvalue weighted by Crippen LogP contribution is -2.47. The quantitative estimate of drug-likeness (QED) is 0.771. The van der Waals surface area contributed by atoms with Crippen molar-refractivity contribution in [2.24, 2.45) is 0 Å². The molecule has 0 saturated carbocycles. The van der Waals surface area contributed by atoms with Crippen LogP contribution in [0.2, 0.25) is 0 Å². The van der Waals surface area contributed by atoms with Crippen molar-refractivity contribution in [1.29, 1.82) is 0 Å². The molecule has 1 fully saturated rings. The lowest BCUT2D eigenvalue weighted by molar-refractivity contribution is -0.0168. The van der Waals surface area contributed by atoms with Crippen LogP contribution in [0.4, 0.5) is 0 Å². The van der Waals surface area contributed by atoms with Gasteiger partial charge in [-0.1, -0.05) is 0 Å². The molecule has 2 rings (SSSR count). The van der Waals surface area contributed by atoms with Crippen molar-refractivity contribution in [3.8, 4) is 5.88 Å². The average Bonchev–Trinajstić information content (AvgIpc) is 2.51. The van der Waals surface area contributed by atoms with Gasteiger partial charge in [0.25, 0.3) is 5.91 Å². The second-order valence-corrected chi connectivity index (χ2v) is 7.54. The molecule has 0 aliphatic carbocycles. The van der Waals surface area contributed by atoms with Crippen molar-refractivity contribution in [3.63, 3.8) is 0 Å². The molecule has 0 spiro atoms. The van der Waals surface area contributed by atoms with Gasteiger partial charge in [-0.15, -0.1) is 0 Å². The van der Waals surface area contributed by atoms with Crippen LogP contribution in [-0.4, -0.2) is 46.7 Å². The summed E-state index contributed by atoms with van der Waals surface area (Å²) in [4.78, 5) is 19.0. The van der Waals surface area contributed by atoms with E-state index in [0.29, 0.717) is 24.7 Å². The summed E-state index contributed by atoms with van der Waals surface area (Å²) < 4.78 is 11.2. The van der Waals surface area contributed by atoms with E-state index in [-0.39, 0.29) is 23.6 Å². The van der Waals surface area contributed by atoms with E-state index in [2.05, 4.69) is 18.8 Å². The Hall–Kier alpha value is -1.62. The molecule has 1 amide bonds. The van der Waals surface area contributed by atoms with Crippen LogP contribution in [0.25, 0.3) is 0 Å². The number of nitrogens with zero attached hydrogens (tertiary/aromatic N) is 2. The SMILES string of the molecule is CC1CCCC(C)N1C(=O)c1ccc(OCCOC(C)(C)C)nc1. The lowest BCUT2D eigenvalue weighted by atomic mass is 9.96. The molecule has 1 aromatic rings. The minimum Gasteiger partial charge on any atom is -0.475 e. The maximum absolute atomic E-state index is 12.7. The molecule has 0 radical (unpaired) electrons. The van der Waals surface area contributed by atoms with E-state index in [1.165, 1.54) is 6.42 Å². The average molecular weight is 334 g/mol. The summed E-state index contributed by atoms with van der Waals surface area (Å²) >= 11 is 0. The molecular formula is C19H30N2O3. The molecule has 0 bridgehead atoms. The predicted octanol–water partition coefficient (Wildman–Crippen LogP) is 3.68. The molecule has 0 N–H and O–H groups in total. The van der Waals surface area contributed by atoms with Crippen molar-refractivity contribution in [3.05, 3.63) is 23.9 Å². The maximum atomic E-state index is 12.7. The number of likely N-dealkylation sites (tertiary alicyclic amines) is 1. The van der Waals surface area contributed by atoms with E-state index in [9.17, 15) is 4.79 Å². The molecule has 134 valence electrons. The largest absolute Gasteiger partial charge is 0.475 e. The van der Waals surface area contributed by atoms with E-state index in [1.54, 1.807) is 18.3 Å². The maximum Gasteiger partial charge on any atom is 0.255 e. The summed E-state index contributed by atoms with van der Waals surface area (Å²) in [7, 11) is 0. The van der Waals surface area contributed by atoms with Crippen LogP contribution < -0.4 is 4.74 Å². The van der Waals surface area contributed by atoms with Crippen LogP contribution in [0.1, 0.15) is 64.2 Å². The zero-order chi connectivity index (χ0) is 17.7. The van der Waals surface area contributed by atoms with E-state index in [4.69, 9.17) is 9.47 Å². The van der Waals surface area contributed by atoms with E-state index < -0.39 is 0 Å². The Labute approximate surface area is 145 Å². The normalized spacial score (nSPS) is 21.6. The van der Waals surface area contributed by atoms with Crippen LogP contribution in [-0.2, 0) is 4.74 Å². The van der Waals surface area contributed by atoms with Gasteiger partial charge in [0.15, 0.2) is 0 Å². The molecule has 1 aliphatic heterocycles. The van der Waals surface area contributed by atoms with Crippen LogP contribution in [0.5, 0.6) is 5.88 Å². The molecule has 1 aromatic heterocycles. The highest BCUT2D eigenvalue weighted by atomic mass is 16.5. The molecule has 1 aliphatic rings. The lowest BCUT2D eigenvalue weighted by Gasteiger charge is -2.39. The summed E-state index contributed by atoms with van der Waals surface area (Å²) in [6, 6.07) is 4.12. The Balaban J connectivity index is 1.90. The van der Waals surface area contributed by atoms with Crippen LogP contribution in [0.15, 0.2) is 18.3 Å². The summed E-state index contributed by atoms with van der Waals surface area (Å²) in [6.07, 6.45) is 4.93. The predicted molar refractivity (Wildman–Crippen MR) is 94.4 cm³/mol. The van der Waals surface area contributed by atoms with Gasteiger partial charge in [0.1, 0.15) is 6.61 Å². The molecule has 2 unspecified atom stereocenters. The zero-order valence-corrected chi connectivity index (χ0v) is 15.5. The molecule has 1 saturated heterocycles. The highest BCUT2D eigenvalue weighted by Gasteiger charge is 2.29. The van der Waals surface area contributed by atoms with Crippen molar-refractivity contribution in [2.45, 2.75) is 71.6 Å². The fourth-order valence-corrected chi connectivity index (χ4v) is 3.06. The topological polar surface area (TPSA) is 51.7 Å². The zero-order valence-electron chi connectivity index (χ0n) is 15.5. The second kappa shape index (κ2) is 7.97. The first-order valence-corrected chi connectivity index (χ1v) is 8.83. The highest BCUT2D eigenvalue weighted by molar-refractivity contribution is 5.94. The Morgan fingerprint density at radius 2 is 1.88 bits per heavy atom. The van der Waals surface area contributed by atoms with Crippen LogP contribution in [0, 0.1) is 0 Å². The number of aromatic nitrogens is 1. The van der Waals surface area contributed by atoms with Crippen molar-refractivity contribution in [1.82, 2.24) is 9.88 Å². The molecule has 0 aromatic carbocycles. The van der Waals surface area contributed by atoms with Gasteiger partial charge in [-0.3, -0.25) is 4.79 Å². The summed E-state index contributed by atoms with van der Waals surface area (Å²) in [5.41, 5.74) is 0.448. The Morgan fingerprint density at radius 1 is 1.21 bits per heavy atom. The van der Waals surface area contributed by atoms with Gasteiger partial charge in [0.05, 0.1) is 17.8 Å². The first-order valence-electron chi connectivity index (χ1n) is 8.83. The number of hydrogen-bond acceptors (Lipinski definition) is 4. The van der Waals surface area contributed by atoms with Crippen LogP contribution in [0.3, 0.4) is 0 Å². The van der Waals surface area contributed by atoms with Crippen molar-refractivity contribution in [2.75, 3.05) is 13.2 Å². The van der Waals surface area contributed by atoms with Crippen LogP contribution >= 0.6 is 0 Å². The summed E-state index contributed by atoms with van der Waals surface area (Å²) in [5.74, 6) is 0.577. The number of piperidine rings is 1. The first kappa shape index (κ1) is 18.7. The number of carbonyl (C=O) groups is 1. The molecule has 2 heterocycles. The van der Waals surface area contributed by atoms with E-state index in [1.807, 2.05) is 25.7 Å². The molecular weight excluding hydrogens is 304 g/mol. The minimum absolute atomic E-state index is 0.0600. The third kappa shape index (κ3) is 5.20. The number of rotatable bonds is 5. The number of amides is 1. The Morgan fingerprint density at radius 3 is 2.42 bits per heavy atom. The molecule has 5 heteroatoms. The summed E-state index contributed by atoms with van der Waals surface area (Å²) in [6.45, 7) is 11.2. The molecule has 24 heavy (non-hydrogen) atoms. The van der Waals surface area contributed by atoms with Gasteiger partial charge in [-0.05, 0) is 59.9 Å². The fourth-order valence-electron chi connectivity index (χ4n) is 3.06. The van der Waals surface area contributed by atoms with Gasteiger partial charge in [-0.25, -0.2) is 4.98 Å². The monoisotopic (exact) mass is 334 g/mol. The third-order valence-corrected chi connectivity index (χ3v) is 4.28. The Kier molecular flexibility index (Phi) is 6.21. The smallest absolute Gasteiger partial charge is 0.255 e. The van der Waals surface area contributed by atoms with Gasteiger partial charge in [-0.2, -0.15) is 0 Å². The molecule has 2 atom stereocenters. The number of carbonyl (C=O) groups excluding carboxylic acids is 1. The first-order chi connectivity index (χ1) is 11.3. The third-order valence-electron chi connectivity index (χ3n) is 4.28. The standard InChI is InChI=1S/C19H30N2O3/c1-14-7-6-8-15(2)21(14)18(22)16-9-10-17(20-13-16)23-11-12-24-19(3,4)5/h9-10,13-15H,6-8,11-12H2,1-5H3. The van der Waals surface area contributed by atoms with Crippen molar-refractivity contribution < 1.29 is 14.3 Å². The Bertz CT molecular complexity index is 527. The van der Waals surface area contributed by atoms with E-state index in [0.717, 1.165) is 12.8 Å². The van der Waals surface area contributed by atoms with Gasteiger partial charge < -0.3 is 14.4 Å². The fraction of sp³-hybridized carbons (Fsp3) is 0.684. The van der Waals surface area contributed by atoms with Gasteiger partial charge >= 0.3 is 0 Å². The minimum atomic E-state index is -0.172. The van der Waals surface area contributed by atoms with Gasteiger partial charge in [0, 0.05) is 24.3 Å². The number of hydrogen-bond donors (Lipinski definition) is 0. The second-order valence-electron chi connectivity index (χ2n) is 7.54. The number of ether oxygens (including phenoxy) is 2. The highest BCUT2D eigenvalue weighted by Crippen LogP contribution is 2.24. The molecule has 5 nitrogen and oxygen atoms in total. The van der Waals surface area contributed by atoms with Crippen molar-refractivity contribution >= 4 is 5.91 Å². The van der Waals surface area contributed by atoms with E-state index >= 15 is 0 Å².